The zero-order valence-electron chi connectivity index (χ0n) is 20.6. The number of fused-ring (bicyclic) bond motifs is 1. The Morgan fingerprint density at radius 3 is 2.39 bits per heavy atom. The van der Waals surface area contributed by atoms with Crippen LogP contribution in [0.4, 0.5) is 16.2 Å². The van der Waals surface area contributed by atoms with E-state index in [1.807, 2.05) is 30.3 Å². The van der Waals surface area contributed by atoms with Gasteiger partial charge in [-0.15, -0.1) is 0 Å². The topological polar surface area (TPSA) is 151 Å². The maximum Gasteiger partial charge on any atom is 0.315 e. The molecule has 2 aliphatic rings. The van der Waals surface area contributed by atoms with Crippen molar-refractivity contribution in [3.05, 3.63) is 77.9 Å². The van der Waals surface area contributed by atoms with Crippen LogP contribution in [0.1, 0.15) is 22.8 Å². The van der Waals surface area contributed by atoms with E-state index in [1.54, 1.807) is 42.2 Å². The Morgan fingerprint density at radius 2 is 1.76 bits per heavy atom. The van der Waals surface area contributed by atoms with E-state index in [-0.39, 0.29) is 23.3 Å². The van der Waals surface area contributed by atoms with Crippen molar-refractivity contribution in [1.29, 1.82) is 0 Å². The van der Waals surface area contributed by atoms with Crippen molar-refractivity contribution in [2.75, 3.05) is 23.3 Å². The number of anilines is 2. The summed E-state index contributed by atoms with van der Waals surface area (Å²) in [7, 11) is -3.92. The molecule has 196 valence electrons. The number of rotatable bonds is 6. The fourth-order valence-electron chi connectivity index (χ4n) is 4.72. The Hall–Kier alpha value is -4.22. The van der Waals surface area contributed by atoms with Gasteiger partial charge in [0.25, 0.3) is 5.91 Å². The molecule has 1 saturated heterocycles. The number of hydrogen-bond donors (Lipinski definition) is 4. The van der Waals surface area contributed by atoms with Gasteiger partial charge in [0, 0.05) is 29.0 Å². The lowest BCUT2D eigenvalue weighted by Crippen LogP contribution is -2.35. The maximum absolute atomic E-state index is 13.6. The van der Waals surface area contributed by atoms with Crippen LogP contribution in [0.15, 0.2) is 71.6 Å². The Morgan fingerprint density at radius 1 is 1.05 bits per heavy atom. The number of nitrogens with one attached hydrogen (secondary N) is 3. The van der Waals surface area contributed by atoms with Gasteiger partial charge >= 0.3 is 6.03 Å². The Labute approximate surface area is 220 Å². The van der Waals surface area contributed by atoms with Crippen molar-refractivity contribution in [3.8, 4) is 11.1 Å². The molecule has 3 aromatic carbocycles. The minimum Gasteiger partial charge on any atom is -0.335 e. The molecule has 2 heterocycles. The molecule has 5 N–H and O–H groups in total. The van der Waals surface area contributed by atoms with Gasteiger partial charge in [-0.1, -0.05) is 30.3 Å². The van der Waals surface area contributed by atoms with Crippen LogP contribution >= 0.6 is 0 Å². The second kappa shape index (κ2) is 9.92. The van der Waals surface area contributed by atoms with Crippen LogP contribution in [0.2, 0.25) is 0 Å². The molecule has 0 aliphatic carbocycles. The molecular weight excluding hydrogens is 506 g/mol. The van der Waals surface area contributed by atoms with Crippen molar-refractivity contribution < 1.29 is 22.8 Å². The molecule has 4 amide bonds. The summed E-state index contributed by atoms with van der Waals surface area (Å²) in [5.41, 5.74) is 9.18. The fourth-order valence-corrected chi connectivity index (χ4v) is 6.37. The van der Waals surface area contributed by atoms with Gasteiger partial charge in [0.15, 0.2) is 5.37 Å². The van der Waals surface area contributed by atoms with Crippen LogP contribution < -0.4 is 26.6 Å². The number of nitrogens with zero attached hydrogens (tertiary/aromatic N) is 1. The second-order valence-corrected chi connectivity index (χ2v) is 11.4. The summed E-state index contributed by atoms with van der Waals surface area (Å²) in [5.74, 6) is -0.569. The first-order valence-corrected chi connectivity index (χ1v) is 13.7. The van der Waals surface area contributed by atoms with E-state index in [2.05, 4.69) is 16.0 Å². The molecule has 11 heteroatoms. The third-order valence-corrected chi connectivity index (χ3v) is 8.65. The maximum atomic E-state index is 13.6. The molecule has 3 aromatic rings. The van der Waals surface area contributed by atoms with Gasteiger partial charge in [-0.25, -0.2) is 13.2 Å². The quantitative estimate of drug-likeness (QED) is 0.382. The minimum absolute atomic E-state index is 0.0300. The van der Waals surface area contributed by atoms with Crippen LogP contribution in [0.25, 0.3) is 11.1 Å². The lowest BCUT2D eigenvalue weighted by Gasteiger charge is -2.21. The number of carbonyl (C=O) groups is 3. The normalized spacial score (nSPS) is 17.4. The van der Waals surface area contributed by atoms with Crippen molar-refractivity contribution in [1.82, 2.24) is 10.6 Å². The lowest BCUT2D eigenvalue weighted by atomic mass is 9.97. The standard InChI is InChI=1S/C27H27N5O5S/c1-16(28)25(33)30-19-9-7-18(8-10-19)26(34)32-14-13-20-21(32)11-12-22(24(20)17-5-3-2-4-6-17)38(36,37)23-15-29-27(35)31-23/h2-12,16,23H,13-15,28H2,1H3,(H,30,33)(H2,29,31,35)/t16?,23-/m0/s1. The summed E-state index contributed by atoms with van der Waals surface area (Å²) in [6.07, 6.45) is 0.465. The predicted molar refractivity (Wildman–Crippen MR) is 143 cm³/mol. The highest BCUT2D eigenvalue weighted by Crippen LogP contribution is 2.42. The van der Waals surface area contributed by atoms with E-state index in [4.69, 9.17) is 5.73 Å². The highest BCUT2D eigenvalue weighted by molar-refractivity contribution is 7.92. The van der Waals surface area contributed by atoms with E-state index in [0.717, 1.165) is 5.56 Å². The van der Waals surface area contributed by atoms with E-state index in [1.165, 1.54) is 6.07 Å². The molecule has 38 heavy (non-hydrogen) atoms. The zero-order chi connectivity index (χ0) is 27.0. The largest absolute Gasteiger partial charge is 0.335 e. The lowest BCUT2D eigenvalue weighted by molar-refractivity contribution is -0.117. The van der Waals surface area contributed by atoms with Gasteiger partial charge in [0.05, 0.1) is 17.5 Å². The fraction of sp³-hybridized carbons (Fsp3) is 0.222. The third-order valence-electron chi connectivity index (χ3n) is 6.67. The number of benzene rings is 3. The molecule has 0 bridgehead atoms. The van der Waals surface area contributed by atoms with E-state index >= 15 is 0 Å². The minimum atomic E-state index is -3.92. The average molecular weight is 534 g/mol. The number of nitrogens with two attached hydrogens (primary N) is 1. The van der Waals surface area contributed by atoms with Gasteiger partial charge in [0.2, 0.25) is 15.7 Å². The Balaban J connectivity index is 1.51. The number of amides is 4. The first-order valence-electron chi connectivity index (χ1n) is 12.1. The summed E-state index contributed by atoms with van der Waals surface area (Å²) in [6, 6.07) is 17.7. The molecule has 0 radical (unpaired) electrons. The molecular formula is C27H27N5O5S. The van der Waals surface area contributed by atoms with Gasteiger partial charge in [-0.2, -0.15) is 0 Å². The van der Waals surface area contributed by atoms with Crippen molar-refractivity contribution in [2.24, 2.45) is 5.73 Å². The molecule has 0 aromatic heterocycles. The van der Waals surface area contributed by atoms with Gasteiger partial charge < -0.3 is 26.6 Å². The summed E-state index contributed by atoms with van der Waals surface area (Å²) >= 11 is 0. The van der Waals surface area contributed by atoms with Gasteiger partial charge in [0.1, 0.15) is 0 Å². The number of hydrogen-bond acceptors (Lipinski definition) is 6. The van der Waals surface area contributed by atoms with Crippen molar-refractivity contribution in [2.45, 2.75) is 29.7 Å². The molecule has 2 atom stereocenters. The summed E-state index contributed by atoms with van der Waals surface area (Å²) in [6.45, 7) is 1.93. The van der Waals surface area contributed by atoms with Gasteiger partial charge in [-0.3, -0.25) is 9.59 Å². The van der Waals surface area contributed by atoms with Crippen LogP contribution in [0.3, 0.4) is 0 Å². The van der Waals surface area contributed by atoms with Crippen LogP contribution in [0.5, 0.6) is 0 Å². The molecule has 1 unspecified atom stereocenters. The first kappa shape index (κ1) is 25.4. The molecule has 0 spiro atoms. The van der Waals surface area contributed by atoms with Crippen LogP contribution in [-0.2, 0) is 21.1 Å². The summed E-state index contributed by atoms with van der Waals surface area (Å²) in [5, 5.41) is 6.58. The van der Waals surface area contributed by atoms with Crippen LogP contribution in [0, 0.1) is 0 Å². The second-order valence-electron chi connectivity index (χ2n) is 9.25. The molecule has 10 nitrogen and oxygen atoms in total. The third kappa shape index (κ3) is 4.61. The smallest absolute Gasteiger partial charge is 0.315 e. The monoisotopic (exact) mass is 533 g/mol. The number of carbonyl (C=O) groups excluding carboxylic acids is 3. The number of sulfone groups is 1. The first-order chi connectivity index (χ1) is 18.2. The molecule has 5 rings (SSSR count). The van der Waals surface area contributed by atoms with E-state index in [0.29, 0.717) is 41.0 Å². The molecule has 0 saturated carbocycles. The van der Waals surface area contributed by atoms with Crippen molar-refractivity contribution in [3.63, 3.8) is 0 Å². The van der Waals surface area contributed by atoms with Crippen molar-refractivity contribution >= 4 is 39.1 Å². The number of urea groups is 1. The molecule has 1 fully saturated rings. The predicted octanol–water partition coefficient (Wildman–Crippen LogP) is 2.25. The van der Waals surface area contributed by atoms with E-state index in [9.17, 15) is 22.8 Å². The highest BCUT2D eigenvalue weighted by atomic mass is 32.2. The highest BCUT2D eigenvalue weighted by Gasteiger charge is 2.38. The summed E-state index contributed by atoms with van der Waals surface area (Å²) < 4.78 is 27.2. The summed E-state index contributed by atoms with van der Waals surface area (Å²) in [4.78, 5) is 38.7. The zero-order valence-corrected chi connectivity index (χ0v) is 21.4. The molecule has 2 aliphatic heterocycles. The SMILES string of the molecule is CC(N)C(=O)Nc1ccc(C(=O)N2CCc3c2ccc(S(=O)(=O)[C@H]2CNC(=O)N2)c3-c2ccccc2)cc1. The van der Waals surface area contributed by atoms with E-state index < -0.39 is 27.3 Å². The Bertz CT molecular complexity index is 1520. The Kier molecular flexibility index (Phi) is 6.64. The average Bonchev–Trinajstić information content (AvgIpc) is 3.55. The van der Waals surface area contributed by atoms with Crippen LogP contribution in [-0.4, -0.2) is 50.8 Å². The van der Waals surface area contributed by atoms with Gasteiger partial charge in [-0.05, 0) is 60.9 Å².